The zero-order valence-electron chi connectivity index (χ0n) is 11.7. The molecule has 1 amide bonds. The average molecular weight is 293 g/mol. The minimum Gasteiger partial charge on any atom is -0.451 e. The zero-order chi connectivity index (χ0) is 14.4. The molecule has 2 rings (SSSR count). The van der Waals surface area contributed by atoms with E-state index in [4.69, 9.17) is 9.15 Å². The van der Waals surface area contributed by atoms with Crippen molar-refractivity contribution in [2.75, 3.05) is 25.7 Å². The molecule has 0 saturated carbocycles. The van der Waals surface area contributed by atoms with Crippen molar-refractivity contribution in [3.8, 4) is 0 Å². The van der Waals surface area contributed by atoms with Gasteiger partial charge in [0.05, 0.1) is 6.10 Å². The summed E-state index contributed by atoms with van der Waals surface area (Å²) in [5.41, 5.74) is 0.725. The van der Waals surface area contributed by atoms with Crippen LogP contribution in [0.1, 0.15) is 17.0 Å². The number of methoxy groups -OCH3 is 1. The van der Waals surface area contributed by atoms with E-state index in [9.17, 15) is 4.79 Å². The summed E-state index contributed by atoms with van der Waals surface area (Å²) < 4.78 is 10.9. The number of ether oxygens (including phenoxy) is 1. The first-order valence-electron chi connectivity index (χ1n) is 6.53. The quantitative estimate of drug-likeness (QED) is 0.853. The van der Waals surface area contributed by atoms with Gasteiger partial charge in [0.1, 0.15) is 5.58 Å². The summed E-state index contributed by atoms with van der Waals surface area (Å²) in [6.07, 6.45) is 3.01. The Bertz CT molecular complexity index is 534. The highest BCUT2D eigenvalue weighted by Crippen LogP contribution is 2.18. The molecule has 2 aromatic rings. The predicted molar refractivity (Wildman–Crippen MR) is 82.3 cm³/mol. The molecule has 1 N–H and O–H groups in total. The van der Waals surface area contributed by atoms with Gasteiger partial charge in [-0.2, -0.15) is 11.8 Å². The lowest BCUT2D eigenvalue weighted by atomic mass is 10.2. The molecule has 1 aromatic heterocycles. The molecule has 108 valence electrons. The summed E-state index contributed by atoms with van der Waals surface area (Å²) in [4.78, 5) is 12.0. The van der Waals surface area contributed by atoms with Gasteiger partial charge in [0, 0.05) is 19.0 Å². The summed E-state index contributed by atoms with van der Waals surface area (Å²) >= 11 is 1.77. The number of amides is 1. The number of carbonyl (C=O) groups excluding carboxylic acids is 1. The van der Waals surface area contributed by atoms with Crippen LogP contribution in [0.4, 0.5) is 0 Å². The van der Waals surface area contributed by atoms with Crippen LogP contribution in [0.5, 0.6) is 0 Å². The number of furan rings is 1. The summed E-state index contributed by atoms with van der Waals surface area (Å²) in [7, 11) is 1.67. The van der Waals surface area contributed by atoms with Crippen LogP contribution in [-0.2, 0) is 4.74 Å². The predicted octanol–water partition coefficient (Wildman–Crippen LogP) is 2.93. The lowest BCUT2D eigenvalue weighted by molar-refractivity contribution is 0.0801. The number of thioether (sulfide) groups is 1. The summed E-state index contributed by atoms with van der Waals surface area (Å²) in [6, 6.07) is 9.34. The number of rotatable bonds is 7. The van der Waals surface area contributed by atoms with Crippen LogP contribution in [0.15, 0.2) is 34.7 Å². The van der Waals surface area contributed by atoms with Crippen LogP contribution in [0.2, 0.25) is 0 Å². The number of fused-ring (bicyclic) bond motifs is 1. The van der Waals surface area contributed by atoms with Gasteiger partial charge in [-0.3, -0.25) is 4.79 Å². The molecular weight excluding hydrogens is 274 g/mol. The molecule has 0 radical (unpaired) electrons. The van der Waals surface area contributed by atoms with Crippen LogP contribution >= 0.6 is 11.8 Å². The van der Waals surface area contributed by atoms with E-state index in [1.54, 1.807) is 24.9 Å². The molecule has 0 bridgehead atoms. The highest BCUT2D eigenvalue weighted by molar-refractivity contribution is 7.98. The molecule has 5 heteroatoms. The van der Waals surface area contributed by atoms with Gasteiger partial charge in [0.2, 0.25) is 0 Å². The van der Waals surface area contributed by atoms with Crippen molar-refractivity contribution in [3.63, 3.8) is 0 Å². The number of carbonyl (C=O) groups is 1. The number of hydrogen-bond donors (Lipinski definition) is 1. The van der Waals surface area contributed by atoms with Crippen molar-refractivity contribution in [2.24, 2.45) is 0 Å². The van der Waals surface area contributed by atoms with E-state index in [1.807, 2.05) is 24.3 Å². The fraction of sp³-hybridized carbons (Fsp3) is 0.400. The second-order valence-electron chi connectivity index (χ2n) is 4.50. The van der Waals surface area contributed by atoms with Gasteiger partial charge in [-0.05, 0) is 30.6 Å². The minimum absolute atomic E-state index is 0.0378. The first-order chi connectivity index (χ1) is 9.74. The van der Waals surface area contributed by atoms with Gasteiger partial charge >= 0.3 is 0 Å². The molecule has 1 heterocycles. The molecule has 20 heavy (non-hydrogen) atoms. The molecular formula is C15H19NO3S. The topological polar surface area (TPSA) is 51.5 Å². The van der Waals surface area contributed by atoms with Crippen molar-refractivity contribution >= 4 is 28.6 Å². The SMILES string of the molecule is COC(CCSC)CNC(=O)c1cc2ccccc2o1. The standard InChI is InChI=1S/C15H19NO3S/c1-18-12(7-8-20-2)10-16-15(17)14-9-11-5-3-4-6-13(11)19-14/h3-6,9,12H,7-8,10H2,1-2H3,(H,16,17). The van der Waals surface area contributed by atoms with Crippen LogP contribution in [0.25, 0.3) is 11.0 Å². The van der Waals surface area contributed by atoms with Gasteiger partial charge in [-0.1, -0.05) is 18.2 Å². The number of para-hydroxylation sites is 1. The number of nitrogens with one attached hydrogen (secondary N) is 1. The third-order valence-electron chi connectivity index (χ3n) is 3.12. The van der Waals surface area contributed by atoms with Crippen LogP contribution < -0.4 is 5.32 Å². The molecule has 1 atom stereocenters. The van der Waals surface area contributed by atoms with E-state index in [0.29, 0.717) is 12.3 Å². The van der Waals surface area contributed by atoms with Gasteiger partial charge in [-0.15, -0.1) is 0 Å². The van der Waals surface area contributed by atoms with Gasteiger partial charge in [0.15, 0.2) is 5.76 Å². The maximum absolute atomic E-state index is 12.0. The Balaban J connectivity index is 1.94. The van der Waals surface area contributed by atoms with E-state index >= 15 is 0 Å². The van der Waals surface area contributed by atoms with Gasteiger partial charge < -0.3 is 14.5 Å². The van der Waals surface area contributed by atoms with E-state index < -0.39 is 0 Å². The normalized spacial score (nSPS) is 12.5. The molecule has 0 saturated heterocycles. The van der Waals surface area contributed by atoms with E-state index in [0.717, 1.165) is 23.1 Å². The van der Waals surface area contributed by atoms with Gasteiger partial charge in [0.25, 0.3) is 5.91 Å². The zero-order valence-corrected chi connectivity index (χ0v) is 12.5. The Hall–Kier alpha value is -1.46. The maximum atomic E-state index is 12.0. The smallest absolute Gasteiger partial charge is 0.287 e. The monoisotopic (exact) mass is 293 g/mol. The molecule has 1 aromatic carbocycles. The molecule has 0 aliphatic heterocycles. The van der Waals surface area contributed by atoms with Crippen LogP contribution in [0.3, 0.4) is 0 Å². The fourth-order valence-electron chi connectivity index (χ4n) is 1.94. The second-order valence-corrected chi connectivity index (χ2v) is 5.48. The lowest BCUT2D eigenvalue weighted by Gasteiger charge is -2.14. The lowest BCUT2D eigenvalue weighted by Crippen LogP contribution is -2.33. The third-order valence-corrected chi connectivity index (χ3v) is 3.76. The van der Waals surface area contributed by atoms with Crippen LogP contribution in [-0.4, -0.2) is 37.7 Å². The average Bonchev–Trinajstić information content (AvgIpc) is 2.91. The first-order valence-corrected chi connectivity index (χ1v) is 7.92. The third kappa shape index (κ3) is 3.77. The first kappa shape index (κ1) is 14.9. The van der Waals surface area contributed by atoms with E-state index in [1.165, 1.54) is 0 Å². The van der Waals surface area contributed by atoms with E-state index in [2.05, 4.69) is 11.6 Å². The second kappa shape index (κ2) is 7.36. The van der Waals surface area contributed by atoms with Crippen LogP contribution in [0, 0.1) is 0 Å². The Labute approximate surface area is 122 Å². The number of benzene rings is 1. The molecule has 0 fully saturated rings. The van der Waals surface area contributed by atoms with Crippen molar-refractivity contribution < 1.29 is 13.9 Å². The largest absolute Gasteiger partial charge is 0.451 e. The van der Waals surface area contributed by atoms with Crippen molar-refractivity contribution in [1.29, 1.82) is 0 Å². The van der Waals surface area contributed by atoms with Crippen molar-refractivity contribution in [3.05, 3.63) is 36.1 Å². The Morgan fingerprint density at radius 2 is 2.25 bits per heavy atom. The summed E-state index contributed by atoms with van der Waals surface area (Å²) in [5, 5.41) is 3.79. The van der Waals surface area contributed by atoms with Crippen molar-refractivity contribution in [2.45, 2.75) is 12.5 Å². The maximum Gasteiger partial charge on any atom is 0.287 e. The summed E-state index contributed by atoms with van der Waals surface area (Å²) in [5.74, 6) is 1.15. The molecule has 4 nitrogen and oxygen atoms in total. The Kier molecular flexibility index (Phi) is 5.49. The Morgan fingerprint density at radius 3 is 2.95 bits per heavy atom. The fourth-order valence-corrected chi connectivity index (χ4v) is 2.44. The highest BCUT2D eigenvalue weighted by Gasteiger charge is 2.14. The summed E-state index contributed by atoms with van der Waals surface area (Å²) in [6.45, 7) is 0.493. The van der Waals surface area contributed by atoms with Crippen molar-refractivity contribution in [1.82, 2.24) is 5.32 Å². The Morgan fingerprint density at radius 1 is 1.45 bits per heavy atom. The minimum atomic E-state index is -0.201. The number of hydrogen-bond acceptors (Lipinski definition) is 4. The molecule has 1 unspecified atom stereocenters. The molecule has 0 aliphatic carbocycles. The molecule has 0 aliphatic rings. The van der Waals surface area contributed by atoms with E-state index in [-0.39, 0.29) is 12.0 Å². The highest BCUT2D eigenvalue weighted by atomic mass is 32.2. The molecule has 0 spiro atoms. The van der Waals surface area contributed by atoms with Gasteiger partial charge in [-0.25, -0.2) is 0 Å².